The largest absolute Gasteiger partial charge is 0.872 e. The molecular weight excluding hydrogens is 493 g/mol. The Balaban J connectivity index is 0.000000356. The highest BCUT2D eigenvalue weighted by Gasteiger charge is 2.42. The van der Waals surface area contributed by atoms with E-state index in [1.165, 1.54) is 41.0 Å². The zero-order valence-electron chi connectivity index (χ0n) is 20.0. The van der Waals surface area contributed by atoms with Crippen LogP contribution in [0.2, 0.25) is 0 Å². The molecule has 0 atom stereocenters. The highest BCUT2D eigenvalue weighted by atomic mass is 31.2. The molecule has 0 radical (unpaired) electrons. The zero-order valence-corrected chi connectivity index (χ0v) is 20.9. The highest BCUT2D eigenvalue weighted by Crippen LogP contribution is 2.44. The molecule has 0 aliphatic carbocycles. The Morgan fingerprint density at radius 1 is 0.703 bits per heavy atom. The molecule has 9 nitrogen and oxygen atoms in total. The molecule has 0 N–H and O–H groups in total. The minimum Gasteiger partial charge on any atom is -0.872 e. The smallest absolute Gasteiger partial charge is 0.728 e. The maximum Gasteiger partial charge on any atom is 0.728 e. The number of ether oxygens (including phenoxy) is 2. The lowest BCUT2D eigenvalue weighted by Gasteiger charge is -2.14. The maximum absolute atomic E-state index is 13.6. The molecule has 3 aromatic carbocycles. The van der Waals surface area contributed by atoms with Crippen LogP contribution in [0.4, 0.5) is 0 Å². The standard InChI is InChI=1S/C20H18N2O5P.C7H5NO/c1-24-17-3-7-19(8-4-17)26-28(23,22-13-11-16(15-21)12-14-22)27-20-9-5-18(25-2)6-10-20;8-5-6-2-1-3-7(9)4-6/h3-14H,1-2H3;1-4,9H/q+1;/p-1. The van der Waals surface area contributed by atoms with Gasteiger partial charge >= 0.3 is 7.75 Å². The second kappa shape index (κ2) is 12.6. The van der Waals surface area contributed by atoms with E-state index in [1.54, 1.807) is 74.9 Å². The van der Waals surface area contributed by atoms with Crippen molar-refractivity contribution in [2.75, 3.05) is 14.2 Å². The molecule has 10 heteroatoms. The average Bonchev–Trinajstić information content (AvgIpc) is 2.94. The van der Waals surface area contributed by atoms with Crippen molar-refractivity contribution in [3.05, 3.63) is 108 Å². The van der Waals surface area contributed by atoms with E-state index in [9.17, 15) is 9.67 Å². The Morgan fingerprint density at radius 3 is 1.54 bits per heavy atom. The third-order valence-electron chi connectivity index (χ3n) is 4.75. The second-order valence-electron chi connectivity index (χ2n) is 7.22. The molecule has 0 saturated carbocycles. The van der Waals surface area contributed by atoms with E-state index in [-0.39, 0.29) is 5.75 Å². The fourth-order valence-corrected chi connectivity index (χ4v) is 4.34. The summed E-state index contributed by atoms with van der Waals surface area (Å²) >= 11 is 0. The normalized spacial score (nSPS) is 10.1. The predicted octanol–water partition coefficient (Wildman–Crippen LogP) is 4.61. The summed E-state index contributed by atoms with van der Waals surface area (Å²) in [5, 5.41) is 27.8. The third kappa shape index (κ3) is 7.50. The molecule has 0 aliphatic heterocycles. The first-order valence-corrected chi connectivity index (χ1v) is 12.3. The van der Waals surface area contributed by atoms with Gasteiger partial charge in [-0.2, -0.15) is 15.1 Å². The van der Waals surface area contributed by atoms with Crippen molar-refractivity contribution in [1.29, 1.82) is 10.5 Å². The van der Waals surface area contributed by atoms with Gasteiger partial charge in [0.1, 0.15) is 23.0 Å². The second-order valence-corrected chi connectivity index (χ2v) is 8.98. The Hall–Kier alpha value is -4.98. The van der Waals surface area contributed by atoms with Crippen molar-refractivity contribution in [2.45, 2.75) is 0 Å². The lowest BCUT2D eigenvalue weighted by atomic mass is 10.2. The number of nitriles is 2. The van der Waals surface area contributed by atoms with Gasteiger partial charge in [0, 0.05) is 12.1 Å². The molecule has 0 bridgehead atoms. The number of aromatic nitrogens is 1. The predicted molar refractivity (Wildman–Crippen MR) is 132 cm³/mol. The SMILES string of the molecule is COc1ccc(OP(=O)(Oc2ccc(OC)cc2)[n+]2ccc(C#N)cc2)cc1.N#Cc1cccc([O-])c1. The number of benzene rings is 3. The fourth-order valence-electron chi connectivity index (χ4n) is 2.87. The van der Waals surface area contributed by atoms with Gasteiger partial charge in [0.05, 0.1) is 37.5 Å². The number of rotatable bonds is 7. The summed E-state index contributed by atoms with van der Waals surface area (Å²) in [7, 11) is -0.756. The van der Waals surface area contributed by atoms with Crippen molar-refractivity contribution in [3.63, 3.8) is 0 Å². The van der Waals surface area contributed by atoms with E-state index < -0.39 is 7.75 Å². The molecule has 4 aromatic rings. The van der Waals surface area contributed by atoms with E-state index in [2.05, 4.69) is 0 Å². The topological polar surface area (TPSA) is 129 Å². The van der Waals surface area contributed by atoms with Crippen LogP contribution in [0.5, 0.6) is 28.7 Å². The molecule has 1 heterocycles. The Kier molecular flexibility index (Phi) is 9.10. The summed E-state index contributed by atoms with van der Waals surface area (Å²) in [6.07, 6.45) is 2.96. The van der Waals surface area contributed by atoms with Crippen LogP contribution >= 0.6 is 7.75 Å². The summed E-state index contributed by atoms with van der Waals surface area (Å²) < 4.78 is 36.7. The number of nitrogens with zero attached hydrogens (tertiary/aromatic N) is 3. The number of methoxy groups -OCH3 is 2. The molecule has 1 aromatic heterocycles. The molecule has 4 rings (SSSR count). The molecule has 0 aliphatic rings. The summed E-state index contributed by atoms with van der Waals surface area (Å²) in [6, 6.07) is 26.1. The van der Waals surface area contributed by atoms with Crippen molar-refractivity contribution in [3.8, 4) is 40.9 Å². The Labute approximate surface area is 214 Å². The maximum atomic E-state index is 13.6. The summed E-state index contributed by atoms with van der Waals surface area (Å²) in [5.41, 5.74) is 0.846. The van der Waals surface area contributed by atoms with Gasteiger partial charge in [-0.15, -0.1) is 5.75 Å². The monoisotopic (exact) mass is 515 g/mol. The van der Waals surface area contributed by atoms with E-state index in [1.807, 2.05) is 12.1 Å². The molecule has 0 unspecified atom stereocenters. The molecule has 0 saturated heterocycles. The van der Waals surface area contributed by atoms with E-state index in [0.29, 0.717) is 34.1 Å². The van der Waals surface area contributed by atoms with Crippen LogP contribution in [0, 0.1) is 22.7 Å². The van der Waals surface area contributed by atoms with Crippen LogP contribution < -0.4 is 28.0 Å². The molecule has 0 fully saturated rings. The Bertz CT molecular complexity index is 1390. The Morgan fingerprint density at radius 2 is 1.16 bits per heavy atom. The summed E-state index contributed by atoms with van der Waals surface area (Å²) in [4.78, 5) is 0. The minimum atomic E-state index is -3.87. The number of hydrogen-bond acceptors (Lipinski definition) is 8. The number of hydrogen-bond donors (Lipinski definition) is 0. The molecule has 0 spiro atoms. The fraction of sp³-hybridized carbons (Fsp3) is 0.0741. The quantitative estimate of drug-likeness (QED) is 0.327. The van der Waals surface area contributed by atoms with Crippen LogP contribution in [-0.4, -0.2) is 14.2 Å². The van der Waals surface area contributed by atoms with Gasteiger partial charge in [-0.05, 0) is 54.6 Å². The van der Waals surface area contributed by atoms with Crippen LogP contribution in [0.3, 0.4) is 0 Å². The first kappa shape index (κ1) is 26.6. The lowest BCUT2D eigenvalue weighted by Crippen LogP contribution is -2.35. The van der Waals surface area contributed by atoms with Crippen molar-refractivity contribution < 1.29 is 32.5 Å². The first-order chi connectivity index (χ1) is 17.9. The van der Waals surface area contributed by atoms with Crippen LogP contribution in [-0.2, 0) is 4.57 Å². The molecule has 0 amide bonds. The lowest BCUT2D eigenvalue weighted by molar-refractivity contribution is -0.536. The van der Waals surface area contributed by atoms with Gasteiger partial charge in [0.2, 0.25) is 0 Å². The minimum absolute atomic E-state index is 0.117. The molecule has 186 valence electrons. The van der Waals surface area contributed by atoms with Gasteiger partial charge in [-0.1, -0.05) is 22.5 Å². The molecular formula is C27H22N3O6P. The van der Waals surface area contributed by atoms with Gasteiger partial charge < -0.3 is 23.6 Å². The van der Waals surface area contributed by atoms with Crippen LogP contribution in [0.15, 0.2) is 97.3 Å². The number of pyridine rings is 1. The summed E-state index contributed by atoms with van der Waals surface area (Å²) in [5.74, 6) is 1.85. The van der Waals surface area contributed by atoms with Crippen molar-refractivity contribution in [1.82, 2.24) is 0 Å². The van der Waals surface area contributed by atoms with Gasteiger partial charge in [-0.25, -0.2) is 0 Å². The van der Waals surface area contributed by atoms with Crippen molar-refractivity contribution in [2.24, 2.45) is 0 Å². The average molecular weight is 515 g/mol. The van der Waals surface area contributed by atoms with Gasteiger partial charge in [0.15, 0.2) is 12.4 Å². The van der Waals surface area contributed by atoms with Crippen molar-refractivity contribution >= 4 is 7.75 Å². The third-order valence-corrected chi connectivity index (χ3v) is 6.46. The van der Waals surface area contributed by atoms with Crippen LogP contribution in [0.25, 0.3) is 0 Å². The first-order valence-electron chi connectivity index (χ1n) is 10.8. The van der Waals surface area contributed by atoms with Gasteiger partial charge in [0.25, 0.3) is 0 Å². The van der Waals surface area contributed by atoms with Gasteiger partial charge in [-0.3, -0.25) is 0 Å². The zero-order chi connectivity index (χ0) is 26.7. The molecule has 37 heavy (non-hydrogen) atoms. The van der Waals surface area contributed by atoms with E-state index >= 15 is 0 Å². The van der Waals surface area contributed by atoms with E-state index in [0.717, 1.165) is 0 Å². The highest BCUT2D eigenvalue weighted by molar-refractivity contribution is 7.47. The van der Waals surface area contributed by atoms with Crippen LogP contribution in [0.1, 0.15) is 11.1 Å². The van der Waals surface area contributed by atoms with E-state index in [4.69, 9.17) is 29.0 Å². The summed E-state index contributed by atoms with van der Waals surface area (Å²) in [6.45, 7) is 0.